The van der Waals surface area contributed by atoms with Gasteiger partial charge in [-0.2, -0.15) is 0 Å². The monoisotopic (exact) mass is 372 g/mol. The highest BCUT2D eigenvalue weighted by molar-refractivity contribution is 7.91. The number of carboxylic acids is 1. The van der Waals surface area contributed by atoms with Crippen LogP contribution in [0.25, 0.3) is 10.9 Å². The summed E-state index contributed by atoms with van der Waals surface area (Å²) in [4.78, 5) is 14.9. The van der Waals surface area contributed by atoms with Crippen LogP contribution in [0.4, 0.5) is 0 Å². The zero-order valence-electron chi connectivity index (χ0n) is 14.1. The molecule has 0 bridgehead atoms. The Balaban J connectivity index is 1.65. The molecule has 0 radical (unpaired) electrons. The summed E-state index contributed by atoms with van der Waals surface area (Å²) in [6, 6.07) is 15.0. The van der Waals surface area contributed by atoms with Crippen molar-refractivity contribution >= 4 is 26.7 Å². The number of rotatable bonds is 8. The van der Waals surface area contributed by atoms with E-state index in [-0.39, 0.29) is 23.6 Å². The van der Waals surface area contributed by atoms with Crippen molar-refractivity contribution < 1.29 is 18.3 Å². The van der Waals surface area contributed by atoms with Crippen LogP contribution in [-0.4, -0.2) is 42.8 Å². The topological polar surface area (TPSA) is 99.3 Å². The minimum absolute atomic E-state index is 0.0660. The van der Waals surface area contributed by atoms with Crippen molar-refractivity contribution in [2.75, 3.05) is 12.3 Å². The molecular weight excluding hydrogens is 352 g/mol. The summed E-state index contributed by atoms with van der Waals surface area (Å²) in [6.45, 7) is 0.0660. The Bertz CT molecular complexity index is 997. The van der Waals surface area contributed by atoms with E-state index in [1.807, 2.05) is 24.3 Å². The molecule has 3 aromatic rings. The molecular formula is C19H20N2O4S. The Morgan fingerprint density at radius 1 is 1.08 bits per heavy atom. The lowest BCUT2D eigenvalue weighted by molar-refractivity contribution is -0.139. The fourth-order valence-electron chi connectivity index (χ4n) is 2.88. The largest absolute Gasteiger partial charge is 0.480 e. The SMILES string of the molecule is O=C(O)C(Cc1c[nH]c2ccccc12)NCCS(=O)(=O)c1ccccc1. The fourth-order valence-corrected chi connectivity index (χ4v) is 4.07. The van der Waals surface area contributed by atoms with Gasteiger partial charge in [0.05, 0.1) is 10.6 Å². The lowest BCUT2D eigenvalue weighted by Crippen LogP contribution is -2.40. The smallest absolute Gasteiger partial charge is 0.321 e. The molecule has 1 unspecified atom stereocenters. The molecule has 0 spiro atoms. The molecule has 7 heteroatoms. The number of sulfone groups is 1. The number of hydrogen-bond acceptors (Lipinski definition) is 4. The standard InChI is InChI=1S/C19H20N2O4S/c22-19(23)18(12-14-13-21-17-9-5-4-8-16(14)17)20-10-11-26(24,25)15-6-2-1-3-7-15/h1-9,13,18,20-21H,10-12H2,(H,22,23). The van der Waals surface area contributed by atoms with Crippen LogP contribution in [0.1, 0.15) is 5.56 Å². The molecule has 1 atom stereocenters. The molecule has 0 saturated carbocycles. The third-order valence-corrected chi connectivity index (χ3v) is 5.99. The second kappa shape index (κ2) is 7.72. The van der Waals surface area contributed by atoms with Crippen LogP contribution in [0, 0.1) is 0 Å². The summed E-state index contributed by atoms with van der Waals surface area (Å²) in [7, 11) is -3.44. The quantitative estimate of drug-likeness (QED) is 0.563. The van der Waals surface area contributed by atoms with Gasteiger partial charge in [-0.25, -0.2) is 8.42 Å². The molecule has 1 heterocycles. The van der Waals surface area contributed by atoms with Crippen molar-refractivity contribution in [3.05, 3.63) is 66.4 Å². The molecule has 1 aromatic heterocycles. The number of fused-ring (bicyclic) bond motifs is 1. The van der Waals surface area contributed by atoms with Crippen LogP contribution in [0.3, 0.4) is 0 Å². The third kappa shape index (κ3) is 4.12. The molecule has 0 aliphatic carbocycles. The second-order valence-corrected chi connectivity index (χ2v) is 8.15. The lowest BCUT2D eigenvalue weighted by atomic mass is 10.1. The van der Waals surface area contributed by atoms with Crippen molar-refractivity contribution in [3.8, 4) is 0 Å². The maximum absolute atomic E-state index is 12.3. The zero-order chi connectivity index (χ0) is 18.6. The zero-order valence-corrected chi connectivity index (χ0v) is 14.9. The molecule has 0 amide bonds. The lowest BCUT2D eigenvalue weighted by Gasteiger charge is -2.14. The summed E-state index contributed by atoms with van der Waals surface area (Å²) in [6.07, 6.45) is 2.06. The van der Waals surface area contributed by atoms with Gasteiger partial charge in [0.2, 0.25) is 0 Å². The Labute approximate surface area is 151 Å². The highest BCUT2D eigenvalue weighted by Crippen LogP contribution is 2.19. The average Bonchev–Trinajstić information content (AvgIpc) is 3.04. The highest BCUT2D eigenvalue weighted by Gasteiger charge is 2.21. The van der Waals surface area contributed by atoms with Gasteiger partial charge in [-0.05, 0) is 23.8 Å². The van der Waals surface area contributed by atoms with Gasteiger partial charge in [-0.15, -0.1) is 0 Å². The van der Waals surface area contributed by atoms with Crippen molar-refractivity contribution in [3.63, 3.8) is 0 Å². The average molecular weight is 372 g/mol. The molecule has 0 aliphatic rings. The van der Waals surface area contributed by atoms with Gasteiger partial charge in [-0.1, -0.05) is 36.4 Å². The first kappa shape index (κ1) is 18.2. The van der Waals surface area contributed by atoms with Gasteiger partial charge in [0.1, 0.15) is 6.04 Å². The number of aliphatic carboxylic acids is 1. The van der Waals surface area contributed by atoms with Crippen LogP contribution >= 0.6 is 0 Å². The second-order valence-electron chi connectivity index (χ2n) is 6.04. The van der Waals surface area contributed by atoms with E-state index in [0.29, 0.717) is 0 Å². The Morgan fingerprint density at radius 3 is 2.50 bits per heavy atom. The van der Waals surface area contributed by atoms with Crippen LogP contribution in [0.15, 0.2) is 65.7 Å². The Kier molecular flexibility index (Phi) is 5.39. The molecule has 0 aliphatic heterocycles. The first-order valence-electron chi connectivity index (χ1n) is 8.26. The van der Waals surface area contributed by atoms with Gasteiger partial charge in [0, 0.05) is 30.1 Å². The molecule has 136 valence electrons. The minimum atomic E-state index is -3.44. The summed E-state index contributed by atoms with van der Waals surface area (Å²) in [5, 5.41) is 13.3. The number of carbonyl (C=O) groups is 1. The van der Waals surface area contributed by atoms with E-state index < -0.39 is 21.8 Å². The van der Waals surface area contributed by atoms with E-state index >= 15 is 0 Å². The van der Waals surface area contributed by atoms with Gasteiger partial charge >= 0.3 is 5.97 Å². The fraction of sp³-hybridized carbons (Fsp3) is 0.211. The van der Waals surface area contributed by atoms with Gasteiger partial charge in [-0.3, -0.25) is 4.79 Å². The van der Waals surface area contributed by atoms with Gasteiger partial charge in [0.25, 0.3) is 0 Å². The van der Waals surface area contributed by atoms with Gasteiger partial charge in [0.15, 0.2) is 9.84 Å². The Morgan fingerprint density at radius 2 is 1.77 bits per heavy atom. The van der Waals surface area contributed by atoms with Crippen LogP contribution in [-0.2, 0) is 21.1 Å². The van der Waals surface area contributed by atoms with Crippen molar-refractivity contribution in [2.24, 2.45) is 0 Å². The van der Waals surface area contributed by atoms with Crippen molar-refractivity contribution in [1.29, 1.82) is 0 Å². The van der Waals surface area contributed by atoms with E-state index in [1.54, 1.807) is 24.4 Å². The van der Waals surface area contributed by atoms with Crippen LogP contribution in [0.5, 0.6) is 0 Å². The minimum Gasteiger partial charge on any atom is -0.480 e. The molecule has 6 nitrogen and oxygen atoms in total. The molecule has 0 saturated heterocycles. The Hall–Kier alpha value is -2.64. The molecule has 0 fully saturated rings. The first-order chi connectivity index (χ1) is 12.5. The van der Waals surface area contributed by atoms with E-state index in [2.05, 4.69) is 10.3 Å². The van der Waals surface area contributed by atoms with E-state index in [1.165, 1.54) is 12.1 Å². The normalized spacial score (nSPS) is 12.9. The number of hydrogen-bond donors (Lipinski definition) is 3. The van der Waals surface area contributed by atoms with E-state index in [4.69, 9.17) is 0 Å². The number of aromatic nitrogens is 1. The summed E-state index contributed by atoms with van der Waals surface area (Å²) in [5.74, 6) is -1.17. The number of aromatic amines is 1. The predicted octanol–water partition coefficient (Wildman–Crippen LogP) is 2.23. The maximum Gasteiger partial charge on any atom is 0.321 e. The molecule has 26 heavy (non-hydrogen) atoms. The number of nitrogens with one attached hydrogen (secondary N) is 2. The number of H-pyrrole nitrogens is 1. The number of para-hydroxylation sites is 1. The highest BCUT2D eigenvalue weighted by atomic mass is 32.2. The third-order valence-electron chi connectivity index (χ3n) is 4.26. The summed E-state index contributed by atoms with van der Waals surface area (Å²) >= 11 is 0. The van der Waals surface area contributed by atoms with Crippen molar-refractivity contribution in [2.45, 2.75) is 17.4 Å². The van der Waals surface area contributed by atoms with Gasteiger partial charge < -0.3 is 15.4 Å². The van der Waals surface area contributed by atoms with Crippen molar-refractivity contribution in [1.82, 2.24) is 10.3 Å². The summed E-state index contributed by atoms with van der Waals surface area (Å²) < 4.78 is 24.6. The molecule has 2 aromatic carbocycles. The summed E-state index contributed by atoms with van der Waals surface area (Å²) in [5.41, 5.74) is 1.82. The molecule has 3 rings (SSSR count). The van der Waals surface area contributed by atoms with Crippen LogP contribution in [0.2, 0.25) is 0 Å². The predicted molar refractivity (Wildman–Crippen MR) is 99.9 cm³/mol. The maximum atomic E-state index is 12.3. The van der Waals surface area contributed by atoms with Crippen LogP contribution < -0.4 is 5.32 Å². The molecule has 3 N–H and O–H groups in total. The number of carboxylic acid groups (broad SMARTS) is 1. The van der Waals surface area contributed by atoms with E-state index in [9.17, 15) is 18.3 Å². The first-order valence-corrected chi connectivity index (χ1v) is 9.91. The van der Waals surface area contributed by atoms with E-state index in [0.717, 1.165) is 16.5 Å². The number of benzene rings is 2.